The molecule has 0 aliphatic carbocycles. The molecule has 0 N–H and O–H groups in total. The molecule has 0 unspecified atom stereocenters. The minimum atomic E-state index is -3.46. The number of ether oxygens (including phenoxy) is 1. The normalized spacial score (nSPS) is 11.8. The molecule has 0 saturated heterocycles. The summed E-state index contributed by atoms with van der Waals surface area (Å²) in [5, 5.41) is 1.06. The second-order valence-corrected chi connectivity index (χ2v) is 9.84. The molecule has 0 radical (unpaired) electrons. The third-order valence-electron chi connectivity index (χ3n) is 5.95. The highest BCUT2D eigenvalue weighted by atomic mass is 32.2. The van der Waals surface area contributed by atoms with Crippen LogP contribution >= 0.6 is 0 Å². The summed E-state index contributed by atoms with van der Waals surface area (Å²) in [6.07, 6.45) is 1.29. The van der Waals surface area contributed by atoms with Crippen LogP contribution in [0.5, 0.6) is 5.75 Å². The first-order valence-corrected chi connectivity index (χ1v) is 12.2. The molecule has 1 aromatic heterocycles. The van der Waals surface area contributed by atoms with Crippen LogP contribution in [0.25, 0.3) is 33.2 Å². The molecule has 1 heterocycles. The van der Waals surface area contributed by atoms with E-state index >= 15 is 0 Å². The lowest BCUT2D eigenvalue weighted by Crippen LogP contribution is -2.04. The Morgan fingerprint density at radius 1 is 0.871 bits per heavy atom. The van der Waals surface area contributed by atoms with Crippen molar-refractivity contribution in [3.63, 3.8) is 0 Å². The van der Waals surface area contributed by atoms with E-state index in [0.717, 1.165) is 56.7 Å². The summed E-state index contributed by atoms with van der Waals surface area (Å²) in [4.78, 5) is 0.353. The highest BCUT2D eigenvalue weighted by Crippen LogP contribution is 2.45. The van der Waals surface area contributed by atoms with Crippen LogP contribution in [0.1, 0.15) is 18.2 Å². The predicted octanol–water partition coefficient (Wildman–Crippen LogP) is 6.02. The van der Waals surface area contributed by atoms with Crippen LogP contribution in [0, 0.1) is 13.8 Å². The maximum atomic E-state index is 12.9. The second kappa shape index (κ2) is 7.89. The van der Waals surface area contributed by atoms with Gasteiger partial charge in [-0.25, -0.2) is 8.42 Å². The Balaban J connectivity index is 2.19. The molecule has 0 atom stereocenters. The van der Waals surface area contributed by atoms with Gasteiger partial charge in [-0.3, -0.25) is 0 Å². The monoisotopic (exact) mass is 433 g/mol. The molecule has 4 nitrogen and oxygen atoms in total. The van der Waals surface area contributed by atoms with Crippen LogP contribution in [0.15, 0.2) is 65.6 Å². The van der Waals surface area contributed by atoms with E-state index in [1.165, 1.54) is 6.26 Å². The van der Waals surface area contributed by atoms with Crippen molar-refractivity contribution in [2.24, 2.45) is 0 Å². The van der Waals surface area contributed by atoms with Gasteiger partial charge in [0.2, 0.25) is 0 Å². The van der Waals surface area contributed by atoms with Crippen molar-refractivity contribution in [1.29, 1.82) is 0 Å². The molecule has 160 valence electrons. The predicted molar refractivity (Wildman–Crippen MR) is 128 cm³/mol. The second-order valence-electron chi connectivity index (χ2n) is 7.85. The fourth-order valence-electron chi connectivity index (χ4n) is 4.53. The van der Waals surface area contributed by atoms with E-state index in [0.29, 0.717) is 4.90 Å². The van der Waals surface area contributed by atoms with E-state index < -0.39 is 9.84 Å². The van der Waals surface area contributed by atoms with Crippen molar-refractivity contribution in [1.82, 2.24) is 4.57 Å². The SMILES string of the molecule is CCn1c(C)c(-c2c(S(C)(=O)=O)ccc(C)c2-c2ccc(OC)cc2)c2ccccc21. The molecular formula is C26H27NO3S. The molecule has 0 aliphatic heterocycles. The Bertz CT molecular complexity index is 1380. The van der Waals surface area contributed by atoms with E-state index in [-0.39, 0.29) is 0 Å². The number of rotatable bonds is 5. The van der Waals surface area contributed by atoms with E-state index in [9.17, 15) is 8.42 Å². The van der Waals surface area contributed by atoms with E-state index in [1.54, 1.807) is 13.2 Å². The highest BCUT2D eigenvalue weighted by molar-refractivity contribution is 7.90. The van der Waals surface area contributed by atoms with Crippen molar-refractivity contribution in [2.45, 2.75) is 32.2 Å². The van der Waals surface area contributed by atoms with Crippen molar-refractivity contribution >= 4 is 20.7 Å². The molecule has 5 heteroatoms. The van der Waals surface area contributed by atoms with E-state index in [1.807, 2.05) is 49.4 Å². The molecule has 31 heavy (non-hydrogen) atoms. The number of hydrogen-bond donors (Lipinski definition) is 0. The summed E-state index contributed by atoms with van der Waals surface area (Å²) < 4.78 is 33.4. The fourth-order valence-corrected chi connectivity index (χ4v) is 5.42. The van der Waals surface area contributed by atoms with Crippen molar-refractivity contribution in [3.05, 3.63) is 71.9 Å². The summed E-state index contributed by atoms with van der Waals surface area (Å²) in [5.41, 5.74) is 6.86. The summed E-state index contributed by atoms with van der Waals surface area (Å²) >= 11 is 0. The lowest BCUT2D eigenvalue weighted by atomic mass is 9.89. The van der Waals surface area contributed by atoms with Crippen LogP contribution in [0.3, 0.4) is 0 Å². The number of benzene rings is 3. The third kappa shape index (κ3) is 3.53. The molecule has 0 fully saturated rings. The number of aryl methyl sites for hydroxylation is 2. The number of methoxy groups -OCH3 is 1. The Morgan fingerprint density at radius 2 is 1.55 bits per heavy atom. The number of para-hydroxylation sites is 1. The Labute approximate surface area is 184 Å². The minimum Gasteiger partial charge on any atom is -0.497 e. The zero-order valence-corrected chi connectivity index (χ0v) is 19.4. The van der Waals surface area contributed by atoms with Crippen molar-refractivity contribution in [2.75, 3.05) is 13.4 Å². The maximum Gasteiger partial charge on any atom is 0.176 e. The van der Waals surface area contributed by atoms with Gasteiger partial charge >= 0.3 is 0 Å². The van der Waals surface area contributed by atoms with Crippen molar-refractivity contribution in [3.8, 4) is 28.0 Å². The summed E-state index contributed by atoms with van der Waals surface area (Å²) in [5.74, 6) is 0.765. The molecule has 0 spiro atoms. The summed E-state index contributed by atoms with van der Waals surface area (Å²) in [6.45, 7) is 7.03. The Kier molecular flexibility index (Phi) is 5.40. The van der Waals surface area contributed by atoms with Gasteiger partial charge in [-0.15, -0.1) is 0 Å². The molecule has 4 rings (SSSR count). The zero-order chi connectivity index (χ0) is 22.3. The highest BCUT2D eigenvalue weighted by Gasteiger charge is 2.25. The first kappa shape index (κ1) is 21.2. The lowest BCUT2D eigenvalue weighted by molar-refractivity contribution is 0.415. The first-order chi connectivity index (χ1) is 14.8. The fraction of sp³-hybridized carbons (Fsp3) is 0.231. The average Bonchev–Trinajstić information content (AvgIpc) is 3.03. The van der Waals surface area contributed by atoms with E-state index in [2.05, 4.69) is 30.5 Å². The molecule has 0 amide bonds. The molecule has 0 bridgehead atoms. The standard InChI is InChI=1S/C26H27NO3S/c1-6-27-18(3)25(21-9-7-8-10-22(21)27)26-23(31(5,28)29)16-11-17(2)24(26)19-12-14-20(30-4)15-13-19/h7-16H,6H2,1-5H3. The topological polar surface area (TPSA) is 48.3 Å². The van der Waals surface area contributed by atoms with Crippen LogP contribution in [0.2, 0.25) is 0 Å². The number of aromatic nitrogens is 1. The van der Waals surface area contributed by atoms with Gasteiger partial charge in [0, 0.05) is 40.5 Å². The molecule has 4 aromatic rings. The van der Waals surface area contributed by atoms with Gasteiger partial charge in [0.25, 0.3) is 0 Å². The maximum absolute atomic E-state index is 12.9. The van der Waals surface area contributed by atoms with Gasteiger partial charge in [0.15, 0.2) is 9.84 Å². The lowest BCUT2D eigenvalue weighted by Gasteiger charge is -2.18. The number of nitrogens with zero attached hydrogens (tertiary/aromatic N) is 1. The van der Waals surface area contributed by atoms with Crippen LogP contribution < -0.4 is 4.74 Å². The molecule has 0 aliphatic rings. The van der Waals surface area contributed by atoms with Crippen LogP contribution in [0.4, 0.5) is 0 Å². The summed E-state index contributed by atoms with van der Waals surface area (Å²) in [7, 11) is -1.82. The smallest absolute Gasteiger partial charge is 0.176 e. The number of fused-ring (bicyclic) bond motifs is 1. The van der Waals surface area contributed by atoms with Crippen molar-refractivity contribution < 1.29 is 13.2 Å². The quantitative estimate of drug-likeness (QED) is 0.386. The number of hydrogen-bond acceptors (Lipinski definition) is 3. The largest absolute Gasteiger partial charge is 0.497 e. The van der Waals surface area contributed by atoms with Gasteiger partial charge in [-0.2, -0.15) is 0 Å². The van der Waals surface area contributed by atoms with Gasteiger partial charge in [0.05, 0.1) is 12.0 Å². The number of sulfone groups is 1. The Hall–Kier alpha value is -3.05. The minimum absolute atomic E-state index is 0.353. The van der Waals surface area contributed by atoms with Gasteiger partial charge < -0.3 is 9.30 Å². The molecule has 0 saturated carbocycles. The van der Waals surface area contributed by atoms with Crippen LogP contribution in [-0.2, 0) is 16.4 Å². The Morgan fingerprint density at radius 3 is 2.16 bits per heavy atom. The molecular weight excluding hydrogens is 406 g/mol. The third-order valence-corrected chi connectivity index (χ3v) is 7.09. The van der Waals surface area contributed by atoms with Gasteiger partial charge in [0.1, 0.15) is 5.75 Å². The van der Waals surface area contributed by atoms with Gasteiger partial charge in [-0.05, 0) is 61.7 Å². The first-order valence-electron chi connectivity index (χ1n) is 10.3. The van der Waals surface area contributed by atoms with E-state index in [4.69, 9.17) is 4.74 Å². The molecule has 3 aromatic carbocycles. The average molecular weight is 434 g/mol. The van der Waals surface area contributed by atoms with Gasteiger partial charge in [-0.1, -0.05) is 36.4 Å². The summed E-state index contributed by atoms with van der Waals surface area (Å²) in [6, 6.07) is 19.6. The zero-order valence-electron chi connectivity index (χ0n) is 18.6. The van der Waals surface area contributed by atoms with Crippen LogP contribution in [-0.4, -0.2) is 26.4 Å².